The molecule has 0 aliphatic heterocycles. The van der Waals surface area contributed by atoms with Crippen molar-refractivity contribution in [1.82, 2.24) is 14.8 Å². The quantitative estimate of drug-likeness (QED) is 0.830. The number of hydrogen-bond donors (Lipinski definition) is 1. The number of nitrogens with zero attached hydrogens (tertiary/aromatic N) is 3. The lowest BCUT2D eigenvalue weighted by atomic mass is 10.3. The third kappa shape index (κ3) is 2.62. The highest BCUT2D eigenvalue weighted by Crippen LogP contribution is 2.20. The van der Waals surface area contributed by atoms with Gasteiger partial charge in [-0.2, -0.15) is 5.10 Å². The Hall–Kier alpha value is -1.88. The number of pyridine rings is 1. The van der Waals surface area contributed by atoms with Gasteiger partial charge in [-0.25, -0.2) is 4.98 Å². The topological polar surface area (TPSA) is 59.8 Å². The summed E-state index contributed by atoms with van der Waals surface area (Å²) in [6.45, 7) is 1.88. The molecular weight excluding hydrogens is 240 g/mol. The Kier molecular flexibility index (Phi) is 3.10. The van der Waals surface area contributed by atoms with Gasteiger partial charge in [0.1, 0.15) is 0 Å². The van der Waals surface area contributed by atoms with Gasteiger partial charge in [-0.15, -0.1) is 0 Å². The average molecular weight is 251 g/mol. The van der Waals surface area contributed by atoms with Gasteiger partial charge in [-0.05, 0) is 18.6 Å². The van der Waals surface area contributed by atoms with Gasteiger partial charge in [-0.1, -0.05) is 11.6 Å². The minimum atomic E-state index is -0.257. The molecule has 0 aliphatic rings. The number of nitrogens with one attached hydrogen (secondary N) is 1. The van der Waals surface area contributed by atoms with Crippen LogP contribution in [0.5, 0.6) is 0 Å². The van der Waals surface area contributed by atoms with Gasteiger partial charge in [0.2, 0.25) is 0 Å². The van der Waals surface area contributed by atoms with Crippen molar-refractivity contribution < 1.29 is 4.79 Å². The maximum atomic E-state index is 11.8. The third-order valence-electron chi connectivity index (χ3n) is 2.19. The van der Waals surface area contributed by atoms with Gasteiger partial charge in [0.25, 0.3) is 5.91 Å². The summed E-state index contributed by atoms with van der Waals surface area (Å²) in [4.78, 5) is 15.8. The SMILES string of the molecule is Cc1cnc(Cl)c(NC(=O)c2cnn(C)c2)c1. The molecule has 17 heavy (non-hydrogen) atoms. The lowest BCUT2D eigenvalue weighted by Gasteiger charge is -2.05. The van der Waals surface area contributed by atoms with E-state index in [2.05, 4.69) is 15.4 Å². The second-order valence-electron chi connectivity index (χ2n) is 3.71. The molecule has 0 radical (unpaired) electrons. The predicted molar refractivity (Wildman–Crippen MR) is 65.1 cm³/mol. The van der Waals surface area contributed by atoms with Crippen LogP contribution < -0.4 is 5.32 Å². The van der Waals surface area contributed by atoms with E-state index in [1.54, 1.807) is 30.2 Å². The number of carbonyl (C=O) groups is 1. The zero-order valence-electron chi connectivity index (χ0n) is 9.44. The van der Waals surface area contributed by atoms with Gasteiger partial charge in [0, 0.05) is 19.4 Å². The molecule has 0 saturated carbocycles. The first kappa shape index (κ1) is 11.6. The molecule has 0 bridgehead atoms. The van der Waals surface area contributed by atoms with Crippen LogP contribution in [0.4, 0.5) is 5.69 Å². The fraction of sp³-hybridized carbons (Fsp3) is 0.182. The average Bonchev–Trinajstić information content (AvgIpc) is 2.70. The molecule has 2 aromatic heterocycles. The summed E-state index contributed by atoms with van der Waals surface area (Å²) in [6, 6.07) is 1.77. The number of aryl methyl sites for hydroxylation is 2. The second-order valence-corrected chi connectivity index (χ2v) is 4.07. The van der Waals surface area contributed by atoms with Crippen LogP contribution >= 0.6 is 11.6 Å². The summed E-state index contributed by atoms with van der Waals surface area (Å²) in [5.41, 5.74) is 1.90. The first-order valence-corrected chi connectivity index (χ1v) is 5.36. The van der Waals surface area contributed by atoms with Crippen molar-refractivity contribution in [3.63, 3.8) is 0 Å². The van der Waals surface area contributed by atoms with Crippen molar-refractivity contribution >= 4 is 23.2 Å². The van der Waals surface area contributed by atoms with E-state index in [1.165, 1.54) is 6.20 Å². The Morgan fingerprint density at radius 2 is 2.24 bits per heavy atom. The third-order valence-corrected chi connectivity index (χ3v) is 2.49. The lowest BCUT2D eigenvalue weighted by molar-refractivity contribution is 0.102. The highest BCUT2D eigenvalue weighted by atomic mass is 35.5. The summed E-state index contributed by atoms with van der Waals surface area (Å²) in [5.74, 6) is -0.257. The van der Waals surface area contributed by atoms with Crippen molar-refractivity contribution in [1.29, 1.82) is 0 Å². The van der Waals surface area contributed by atoms with Crippen LogP contribution in [0.1, 0.15) is 15.9 Å². The fourth-order valence-corrected chi connectivity index (χ4v) is 1.52. The summed E-state index contributed by atoms with van der Waals surface area (Å²) < 4.78 is 1.56. The Morgan fingerprint density at radius 3 is 2.88 bits per heavy atom. The molecule has 0 aromatic carbocycles. The zero-order chi connectivity index (χ0) is 12.4. The van der Waals surface area contributed by atoms with Crippen LogP contribution in [0, 0.1) is 6.92 Å². The predicted octanol–water partition coefficient (Wildman–Crippen LogP) is 2.03. The van der Waals surface area contributed by atoms with Crippen molar-refractivity contribution in [3.8, 4) is 0 Å². The molecule has 0 unspecified atom stereocenters. The lowest BCUT2D eigenvalue weighted by Crippen LogP contribution is -2.12. The van der Waals surface area contributed by atoms with E-state index in [1.807, 2.05) is 6.92 Å². The highest BCUT2D eigenvalue weighted by molar-refractivity contribution is 6.32. The number of rotatable bonds is 2. The number of amides is 1. The maximum absolute atomic E-state index is 11.8. The standard InChI is InChI=1S/C11H11ClN4O/c1-7-3-9(10(12)13-4-7)15-11(17)8-5-14-16(2)6-8/h3-6H,1-2H3,(H,15,17). The van der Waals surface area contributed by atoms with Gasteiger partial charge in [-0.3, -0.25) is 9.48 Å². The molecule has 88 valence electrons. The van der Waals surface area contributed by atoms with Crippen LogP contribution in [0.15, 0.2) is 24.7 Å². The highest BCUT2D eigenvalue weighted by Gasteiger charge is 2.10. The van der Waals surface area contributed by atoms with Crippen LogP contribution in [-0.4, -0.2) is 20.7 Å². The summed E-state index contributed by atoms with van der Waals surface area (Å²) in [5, 5.41) is 6.89. The summed E-state index contributed by atoms with van der Waals surface area (Å²) >= 11 is 5.89. The monoisotopic (exact) mass is 250 g/mol. The molecule has 0 saturated heterocycles. The zero-order valence-corrected chi connectivity index (χ0v) is 10.2. The normalized spacial score (nSPS) is 10.3. The molecule has 0 aliphatic carbocycles. The maximum Gasteiger partial charge on any atom is 0.258 e. The first-order valence-electron chi connectivity index (χ1n) is 4.98. The summed E-state index contributed by atoms with van der Waals surface area (Å²) in [6.07, 6.45) is 4.76. The van der Waals surface area contributed by atoms with E-state index >= 15 is 0 Å². The Bertz CT molecular complexity index is 564. The molecule has 1 N–H and O–H groups in total. The van der Waals surface area contributed by atoms with Gasteiger partial charge < -0.3 is 5.32 Å². The van der Waals surface area contributed by atoms with E-state index in [-0.39, 0.29) is 11.1 Å². The number of hydrogen-bond acceptors (Lipinski definition) is 3. The molecule has 0 fully saturated rings. The van der Waals surface area contributed by atoms with Gasteiger partial charge >= 0.3 is 0 Å². The molecule has 6 heteroatoms. The molecule has 5 nitrogen and oxygen atoms in total. The van der Waals surface area contributed by atoms with Crippen molar-refractivity contribution in [3.05, 3.63) is 40.9 Å². The Labute approximate surface area is 103 Å². The van der Waals surface area contributed by atoms with E-state index in [0.29, 0.717) is 11.3 Å². The van der Waals surface area contributed by atoms with Crippen LogP contribution in [-0.2, 0) is 7.05 Å². The number of anilines is 1. The largest absolute Gasteiger partial charge is 0.319 e. The number of halogens is 1. The van der Waals surface area contributed by atoms with Crippen molar-refractivity contribution in [2.45, 2.75) is 6.92 Å². The molecule has 2 heterocycles. The fourth-order valence-electron chi connectivity index (χ4n) is 1.37. The number of carbonyl (C=O) groups excluding carboxylic acids is 1. The van der Waals surface area contributed by atoms with E-state index in [4.69, 9.17) is 11.6 Å². The molecule has 2 aromatic rings. The molecular formula is C11H11ClN4O. The molecule has 1 amide bonds. The summed E-state index contributed by atoms with van der Waals surface area (Å²) in [7, 11) is 1.75. The molecule has 0 spiro atoms. The second kappa shape index (κ2) is 4.55. The van der Waals surface area contributed by atoms with Crippen LogP contribution in [0.2, 0.25) is 5.15 Å². The van der Waals surface area contributed by atoms with Gasteiger partial charge in [0.15, 0.2) is 5.15 Å². The smallest absolute Gasteiger partial charge is 0.258 e. The van der Waals surface area contributed by atoms with E-state index < -0.39 is 0 Å². The van der Waals surface area contributed by atoms with E-state index in [9.17, 15) is 4.79 Å². The molecule has 0 atom stereocenters. The Balaban J connectivity index is 2.21. The first-order chi connectivity index (χ1) is 8.06. The van der Waals surface area contributed by atoms with Crippen molar-refractivity contribution in [2.24, 2.45) is 7.05 Å². The van der Waals surface area contributed by atoms with Gasteiger partial charge in [0.05, 0.1) is 17.4 Å². The number of aromatic nitrogens is 3. The van der Waals surface area contributed by atoms with Crippen LogP contribution in [0.3, 0.4) is 0 Å². The Morgan fingerprint density at radius 1 is 1.47 bits per heavy atom. The minimum Gasteiger partial charge on any atom is -0.319 e. The van der Waals surface area contributed by atoms with Crippen LogP contribution in [0.25, 0.3) is 0 Å². The minimum absolute atomic E-state index is 0.257. The van der Waals surface area contributed by atoms with Crippen molar-refractivity contribution in [2.75, 3.05) is 5.32 Å². The molecule has 2 rings (SSSR count). The van der Waals surface area contributed by atoms with E-state index in [0.717, 1.165) is 5.56 Å².